The molecule has 1 unspecified atom stereocenters. The third kappa shape index (κ3) is 4.65. The number of rotatable bonds is 7. The molecule has 1 atom stereocenters. The lowest BCUT2D eigenvalue weighted by atomic mass is 9.89. The van der Waals surface area contributed by atoms with Crippen LogP contribution in [0.25, 0.3) is 0 Å². The van der Waals surface area contributed by atoms with Crippen molar-refractivity contribution in [1.29, 1.82) is 0 Å². The Bertz CT molecular complexity index is 596. The fraction of sp³-hybridized carbons (Fsp3) is 0.333. The minimum atomic E-state index is -0.158. The van der Waals surface area contributed by atoms with Crippen molar-refractivity contribution in [2.24, 2.45) is 5.92 Å². The van der Waals surface area contributed by atoms with E-state index in [0.717, 1.165) is 11.1 Å². The number of aromatic nitrogens is 1. The molecule has 0 saturated heterocycles. The number of carbonyl (C=O) groups excluding carboxylic acids is 1. The number of carbonyl (C=O) groups is 1. The quantitative estimate of drug-likeness (QED) is 0.844. The van der Waals surface area contributed by atoms with Gasteiger partial charge in [-0.2, -0.15) is 0 Å². The first-order valence-corrected chi connectivity index (χ1v) is 7.84. The Kier molecular flexibility index (Phi) is 6.10. The van der Waals surface area contributed by atoms with Gasteiger partial charge in [-0.25, -0.2) is 0 Å². The predicted octanol–water partition coefficient (Wildman–Crippen LogP) is 3.83. The van der Waals surface area contributed by atoms with Crippen LogP contribution in [0.4, 0.5) is 0 Å². The van der Waals surface area contributed by atoms with Crippen molar-refractivity contribution < 1.29 is 4.79 Å². The number of benzene rings is 1. The van der Waals surface area contributed by atoms with Crippen molar-refractivity contribution in [2.75, 3.05) is 6.54 Å². The first-order valence-electron chi connectivity index (χ1n) is 7.46. The molecule has 116 valence electrons. The van der Waals surface area contributed by atoms with Crippen LogP contribution in [0.1, 0.15) is 30.9 Å². The number of nitrogens with zero attached hydrogens (tertiary/aromatic N) is 1. The predicted molar refractivity (Wildman–Crippen MR) is 90.0 cm³/mol. The van der Waals surface area contributed by atoms with E-state index in [1.807, 2.05) is 56.4 Å². The van der Waals surface area contributed by atoms with E-state index in [0.29, 0.717) is 18.1 Å². The molecule has 0 aliphatic rings. The van der Waals surface area contributed by atoms with Crippen molar-refractivity contribution in [1.82, 2.24) is 10.3 Å². The molecule has 1 N–H and O–H groups in total. The van der Waals surface area contributed by atoms with Crippen molar-refractivity contribution in [2.45, 2.75) is 26.3 Å². The Morgan fingerprint density at radius 3 is 2.55 bits per heavy atom. The molecule has 0 radical (unpaired) electrons. The van der Waals surface area contributed by atoms with Gasteiger partial charge in [0, 0.05) is 36.4 Å². The molecule has 0 spiro atoms. The van der Waals surface area contributed by atoms with Crippen LogP contribution in [0.15, 0.2) is 48.8 Å². The first-order chi connectivity index (χ1) is 10.6. The topological polar surface area (TPSA) is 42.0 Å². The number of halogens is 1. The fourth-order valence-corrected chi connectivity index (χ4v) is 2.47. The number of ketones is 1. The second kappa shape index (κ2) is 8.06. The van der Waals surface area contributed by atoms with Gasteiger partial charge in [0.05, 0.1) is 5.92 Å². The zero-order valence-corrected chi connectivity index (χ0v) is 13.7. The number of pyridine rings is 1. The van der Waals surface area contributed by atoms with Crippen LogP contribution in [0.5, 0.6) is 0 Å². The molecule has 0 amide bonds. The first kappa shape index (κ1) is 16.7. The average Bonchev–Trinajstić information content (AvgIpc) is 2.53. The van der Waals surface area contributed by atoms with E-state index in [1.54, 1.807) is 6.20 Å². The SMILES string of the molecule is CC(C)C(=O)C(CNCc1cccnc1)c1ccc(Cl)cc1. The fourth-order valence-electron chi connectivity index (χ4n) is 2.34. The van der Waals surface area contributed by atoms with Gasteiger partial charge in [0.15, 0.2) is 0 Å². The molecule has 1 aromatic carbocycles. The molecule has 1 heterocycles. The molecule has 0 aliphatic heterocycles. The van der Waals surface area contributed by atoms with Crippen molar-refractivity contribution in [3.63, 3.8) is 0 Å². The van der Waals surface area contributed by atoms with E-state index < -0.39 is 0 Å². The molecule has 0 bridgehead atoms. The molecule has 0 saturated carbocycles. The summed E-state index contributed by atoms with van der Waals surface area (Å²) in [6.07, 6.45) is 3.58. The van der Waals surface area contributed by atoms with Gasteiger partial charge in [-0.05, 0) is 29.3 Å². The normalized spacial score (nSPS) is 12.4. The number of Topliss-reactive ketones (excluding diaryl/α,β-unsaturated/α-hetero) is 1. The Balaban J connectivity index is 2.05. The van der Waals surface area contributed by atoms with Gasteiger partial charge in [0.25, 0.3) is 0 Å². The lowest BCUT2D eigenvalue weighted by molar-refractivity contribution is -0.123. The summed E-state index contributed by atoms with van der Waals surface area (Å²) < 4.78 is 0. The lowest BCUT2D eigenvalue weighted by Crippen LogP contribution is -2.29. The van der Waals surface area contributed by atoms with Gasteiger partial charge in [0.2, 0.25) is 0 Å². The summed E-state index contributed by atoms with van der Waals surface area (Å²) in [6, 6.07) is 11.4. The van der Waals surface area contributed by atoms with Crippen LogP contribution in [-0.2, 0) is 11.3 Å². The molecule has 2 aromatic rings. The number of nitrogens with one attached hydrogen (secondary N) is 1. The van der Waals surface area contributed by atoms with Crippen molar-refractivity contribution in [3.8, 4) is 0 Å². The zero-order chi connectivity index (χ0) is 15.9. The maximum absolute atomic E-state index is 12.5. The highest BCUT2D eigenvalue weighted by molar-refractivity contribution is 6.30. The average molecular weight is 317 g/mol. The zero-order valence-electron chi connectivity index (χ0n) is 12.9. The molecule has 4 heteroatoms. The Morgan fingerprint density at radius 2 is 1.95 bits per heavy atom. The van der Waals surface area contributed by atoms with Crippen LogP contribution in [0.2, 0.25) is 5.02 Å². The molecule has 2 rings (SSSR count). The maximum atomic E-state index is 12.5. The molecule has 0 fully saturated rings. The van der Waals surface area contributed by atoms with Gasteiger partial charge in [-0.1, -0.05) is 43.6 Å². The standard InChI is InChI=1S/C18H21ClN2O/c1-13(2)18(22)17(15-5-7-16(19)8-6-15)12-21-11-14-4-3-9-20-10-14/h3-10,13,17,21H,11-12H2,1-2H3. The second-order valence-electron chi connectivity index (χ2n) is 5.65. The van der Waals surface area contributed by atoms with Crippen LogP contribution in [-0.4, -0.2) is 17.3 Å². The van der Waals surface area contributed by atoms with E-state index >= 15 is 0 Å². The van der Waals surface area contributed by atoms with Crippen molar-refractivity contribution in [3.05, 3.63) is 64.9 Å². The molecule has 3 nitrogen and oxygen atoms in total. The van der Waals surface area contributed by atoms with Gasteiger partial charge in [-0.3, -0.25) is 9.78 Å². The van der Waals surface area contributed by atoms with Gasteiger partial charge >= 0.3 is 0 Å². The summed E-state index contributed by atoms with van der Waals surface area (Å²) >= 11 is 5.94. The minimum absolute atomic E-state index is 0.000806. The smallest absolute Gasteiger partial charge is 0.144 e. The van der Waals surface area contributed by atoms with E-state index in [4.69, 9.17) is 11.6 Å². The van der Waals surface area contributed by atoms with Crippen LogP contribution in [0, 0.1) is 5.92 Å². The highest BCUT2D eigenvalue weighted by Crippen LogP contribution is 2.22. The van der Waals surface area contributed by atoms with Crippen LogP contribution in [0.3, 0.4) is 0 Å². The van der Waals surface area contributed by atoms with Gasteiger partial charge in [-0.15, -0.1) is 0 Å². The van der Waals surface area contributed by atoms with Gasteiger partial charge in [0.1, 0.15) is 5.78 Å². The van der Waals surface area contributed by atoms with E-state index in [9.17, 15) is 4.79 Å². The minimum Gasteiger partial charge on any atom is -0.312 e. The highest BCUT2D eigenvalue weighted by atomic mass is 35.5. The summed E-state index contributed by atoms with van der Waals surface area (Å²) in [5, 5.41) is 4.04. The largest absolute Gasteiger partial charge is 0.312 e. The Hall–Kier alpha value is -1.71. The van der Waals surface area contributed by atoms with E-state index in [2.05, 4.69) is 10.3 Å². The third-order valence-corrected chi connectivity index (χ3v) is 3.84. The summed E-state index contributed by atoms with van der Waals surface area (Å²) in [5.74, 6) is 0.0795. The van der Waals surface area contributed by atoms with E-state index in [-0.39, 0.29) is 17.6 Å². The maximum Gasteiger partial charge on any atom is 0.144 e. The molecule has 22 heavy (non-hydrogen) atoms. The Morgan fingerprint density at radius 1 is 1.23 bits per heavy atom. The van der Waals surface area contributed by atoms with Crippen molar-refractivity contribution >= 4 is 17.4 Å². The second-order valence-corrected chi connectivity index (χ2v) is 6.09. The molecular formula is C18H21ClN2O. The molecule has 1 aromatic heterocycles. The van der Waals surface area contributed by atoms with Gasteiger partial charge < -0.3 is 5.32 Å². The summed E-state index contributed by atoms with van der Waals surface area (Å²) in [7, 11) is 0. The van der Waals surface area contributed by atoms with Crippen LogP contribution < -0.4 is 5.32 Å². The lowest BCUT2D eigenvalue weighted by Gasteiger charge is -2.19. The number of hydrogen-bond acceptors (Lipinski definition) is 3. The van der Waals surface area contributed by atoms with Crippen LogP contribution >= 0.6 is 11.6 Å². The summed E-state index contributed by atoms with van der Waals surface area (Å²) in [4.78, 5) is 16.6. The third-order valence-electron chi connectivity index (χ3n) is 3.59. The number of hydrogen-bond donors (Lipinski definition) is 1. The van der Waals surface area contributed by atoms with E-state index in [1.165, 1.54) is 0 Å². The summed E-state index contributed by atoms with van der Waals surface area (Å²) in [6.45, 7) is 5.18. The monoisotopic (exact) mass is 316 g/mol. The highest BCUT2D eigenvalue weighted by Gasteiger charge is 2.22. The summed E-state index contributed by atoms with van der Waals surface area (Å²) in [5.41, 5.74) is 2.11. The molecular weight excluding hydrogens is 296 g/mol. The molecule has 0 aliphatic carbocycles. The Labute approximate surface area is 136 Å².